The number of aryl methyl sites for hydroxylation is 1. The summed E-state index contributed by atoms with van der Waals surface area (Å²) in [5, 5.41) is 5.72. The molecule has 142 valence electrons. The normalized spacial score (nSPS) is 10.0. The third-order valence-corrected chi connectivity index (χ3v) is 3.96. The van der Waals surface area contributed by atoms with Crippen molar-refractivity contribution in [2.24, 2.45) is 0 Å². The van der Waals surface area contributed by atoms with Crippen LogP contribution in [0.15, 0.2) is 42.5 Å². The molecular weight excluding hydrogens is 348 g/mol. The van der Waals surface area contributed by atoms with Gasteiger partial charge in [-0.1, -0.05) is 25.1 Å². The maximum absolute atomic E-state index is 12.4. The van der Waals surface area contributed by atoms with Crippen LogP contribution < -0.4 is 10.6 Å². The number of carbonyl (C=O) groups is 3. The van der Waals surface area contributed by atoms with Crippen LogP contribution in [0.3, 0.4) is 0 Å². The molecule has 0 aliphatic heterocycles. The van der Waals surface area contributed by atoms with E-state index in [4.69, 9.17) is 4.74 Å². The van der Waals surface area contributed by atoms with E-state index >= 15 is 0 Å². The SMILES string of the molecule is CCc1ccccc1NCC(=O)Nc1cc(C(=O)OC)ccc1C(=O)OC. The topological polar surface area (TPSA) is 93.7 Å². The molecule has 0 spiro atoms. The van der Waals surface area contributed by atoms with Gasteiger partial charge in [-0.05, 0) is 36.2 Å². The number of hydrogen-bond acceptors (Lipinski definition) is 6. The number of rotatable bonds is 7. The number of amides is 1. The Morgan fingerprint density at radius 2 is 1.63 bits per heavy atom. The summed E-state index contributed by atoms with van der Waals surface area (Å²) < 4.78 is 9.40. The van der Waals surface area contributed by atoms with Gasteiger partial charge in [0.2, 0.25) is 5.91 Å². The number of hydrogen-bond donors (Lipinski definition) is 2. The molecule has 27 heavy (non-hydrogen) atoms. The predicted molar refractivity (Wildman–Crippen MR) is 102 cm³/mol. The molecule has 7 nitrogen and oxygen atoms in total. The Bertz CT molecular complexity index is 848. The molecule has 2 aromatic carbocycles. The van der Waals surface area contributed by atoms with E-state index in [1.807, 2.05) is 31.2 Å². The lowest BCUT2D eigenvalue weighted by Gasteiger charge is -2.13. The summed E-state index contributed by atoms with van der Waals surface area (Å²) in [4.78, 5) is 36.0. The first-order chi connectivity index (χ1) is 13.0. The van der Waals surface area contributed by atoms with Gasteiger partial charge in [-0.2, -0.15) is 0 Å². The maximum Gasteiger partial charge on any atom is 0.339 e. The van der Waals surface area contributed by atoms with Gasteiger partial charge in [0.25, 0.3) is 0 Å². The van der Waals surface area contributed by atoms with Crippen LogP contribution in [0.1, 0.15) is 33.2 Å². The van der Waals surface area contributed by atoms with Crippen LogP contribution in [0, 0.1) is 0 Å². The Morgan fingerprint density at radius 3 is 2.30 bits per heavy atom. The van der Waals surface area contributed by atoms with Gasteiger partial charge in [0.15, 0.2) is 0 Å². The molecule has 1 amide bonds. The van der Waals surface area contributed by atoms with Gasteiger partial charge < -0.3 is 20.1 Å². The van der Waals surface area contributed by atoms with Gasteiger partial charge in [-0.25, -0.2) is 9.59 Å². The van der Waals surface area contributed by atoms with E-state index < -0.39 is 11.9 Å². The Hall–Kier alpha value is -3.35. The highest BCUT2D eigenvalue weighted by molar-refractivity contribution is 6.04. The lowest BCUT2D eigenvalue weighted by Crippen LogP contribution is -2.23. The molecule has 0 saturated heterocycles. The minimum Gasteiger partial charge on any atom is -0.465 e. The number of ether oxygens (including phenoxy) is 2. The van der Waals surface area contributed by atoms with E-state index in [9.17, 15) is 14.4 Å². The molecule has 0 aliphatic carbocycles. The summed E-state index contributed by atoms with van der Waals surface area (Å²) in [6, 6.07) is 11.9. The minimum absolute atomic E-state index is 0.0000772. The van der Waals surface area contributed by atoms with Gasteiger partial charge in [-0.15, -0.1) is 0 Å². The van der Waals surface area contributed by atoms with Gasteiger partial charge in [0.05, 0.1) is 37.6 Å². The average molecular weight is 370 g/mol. The van der Waals surface area contributed by atoms with Crippen LogP contribution in [-0.4, -0.2) is 38.6 Å². The summed E-state index contributed by atoms with van der Waals surface area (Å²) in [5.74, 6) is -1.56. The van der Waals surface area contributed by atoms with Crippen LogP contribution >= 0.6 is 0 Å². The van der Waals surface area contributed by atoms with Crippen molar-refractivity contribution in [2.45, 2.75) is 13.3 Å². The van der Waals surface area contributed by atoms with Crippen molar-refractivity contribution >= 4 is 29.2 Å². The number of esters is 2. The zero-order chi connectivity index (χ0) is 19.8. The van der Waals surface area contributed by atoms with Crippen molar-refractivity contribution in [3.63, 3.8) is 0 Å². The Kier molecular flexibility index (Phi) is 6.93. The van der Waals surface area contributed by atoms with Crippen molar-refractivity contribution in [3.8, 4) is 0 Å². The number of nitrogens with one attached hydrogen (secondary N) is 2. The van der Waals surface area contributed by atoms with Crippen molar-refractivity contribution in [2.75, 3.05) is 31.4 Å². The van der Waals surface area contributed by atoms with Crippen LogP contribution in [0.5, 0.6) is 0 Å². The van der Waals surface area contributed by atoms with E-state index in [0.29, 0.717) is 0 Å². The Morgan fingerprint density at radius 1 is 0.926 bits per heavy atom. The van der Waals surface area contributed by atoms with Crippen molar-refractivity contribution in [3.05, 3.63) is 59.2 Å². The zero-order valence-corrected chi connectivity index (χ0v) is 15.5. The van der Waals surface area contributed by atoms with Gasteiger partial charge >= 0.3 is 11.9 Å². The smallest absolute Gasteiger partial charge is 0.339 e. The van der Waals surface area contributed by atoms with E-state index in [1.54, 1.807) is 0 Å². The fourth-order valence-corrected chi connectivity index (χ4v) is 2.55. The van der Waals surface area contributed by atoms with Crippen LogP contribution in [0.2, 0.25) is 0 Å². The highest BCUT2D eigenvalue weighted by atomic mass is 16.5. The second-order valence-corrected chi connectivity index (χ2v) is 5.66. The van der Waals surface area contributed by atoms with E-state index in [-0.39, 0.29) is 29.3 Å². The summed E-state index contributed by atoms with van der Waals surface area (Å²) in [5.41, 5.74) is 2.50. The number of anilines is 2. The zero-order valence-electron chi connectivity index (χ0n) is 15.5. The van der Waals surface area contributed by atoms with Crippen molar-refractivity contribution in [1.29, 1.82) is 0 Å². The summed E-state index contributed by atoms with van der Waals surface area (Å²) in [7, 11) is 2.50. The molecule has 0 aromatic heterocycles. The molecule has 0 fully saturated rings. The number of para-hydroxylation sites is 1. The third-order valence-electron chi connectivity index (χ3n) is 3.96. The molecule has 0 aliphatic rings. The van der Waals surface area contributed by atoms with Gasteiger partial charge in [0.1, 0.15) is 0 Å². The highest BCUT2D eigenvalue weighted by Gasteiger charge is 2.17. The summed E-state index contributed by atoms with van der Waals surface area (Å²) >= 11 is 0. The van der Waals surface area contributed by atoms with E-state index in [2.05, 4.69) is 15.4 Å². The Balaban J connectivity index is 2.17. The lowest BCUT2D eigenvalue weighted by molar-refractivity contribution is -0.114. The van der Waals surface area contributed by atoms with Crippen LogP contribution in [0.25, 0.3) is 0 Å². The molecule has 2 rings (SSSR count). The monoisotopic (exact) mass is 370 g/mol. The molecule has 7 heteroatoms. The third kappa shape index (κ3) is 5.07. The van der Waals surface area contributed by atoms with E-state index in [1.165, 1.54) is 32.4 Å². The molecule has 0 radical (unpaired) electrons. The van der Waals surface area contributed by atoms with Crippen molar-refractivity contribution < 1.29 is 23.9 Å². The molecule has 0 atom stereocenters. The number of methoxy groups -OCH3 is 2. The first-order valence-corrected chi connectivity index (χ1v) is 8.42. The van der Waals surface area contributed by atoms with Crippen LogP contribution in [-0.2, 0) is 20.7 Å². The van der Waals surface area contributed by atoms with Crippen molar-refractivity contribution in [1.82, 2.24) is 0 Å². The largest absolute Gasteiger partial charge is 0.465 e. The molecule has 2 aromatic rings. The summed E-state index contributed by atoms with van der Waals surface area (Å²) in [6.07, 6.45) is 0.832. The first-order valence-electron chi connectivity index (χ1n) is 8.42. The lowest BCUT2D eigenvalue weighted by atomic mass is 10.1. The average Bonchev–Trinajstić information content (AvgIpc) is 2.71. The minimum atomic E-state index is -0.619. The fraction of sp³-hybridized carbons (Fsp3) is 0.250. The molecule has 2 N–H and O–H groups in total. The Labute approximate surface area is 157 Å². The molecular formula is C20H22N2O5. The molecule has 0 unspecified atom stereocenters. The van der Waals surface area contributed by atoms with E-state index in [0.717, 1.165) is 17.7 Å². The number of benzene rings is 2. The fourth-order valence-electron chi connectivity index (χ4n) is 2.55. The standard InChI is InChI=1S/C20H22N2O5/c1-4-13-7-5-6-8-16(13)21-12-18(23)22-17-11-14(19(24)26-2)9-10-15(17)20(25)27-3/h5-11,21H,4,12H2,1-3H3,(H,22,23). The summed E-state index contributed by atoms with van der Waals surface area (Å²) in [6.45, 7) is 2.03. The molecule has 0 bridgehead atoms. The second-order valence-electron chi connectivity index (χ2n) is 5.66. The molecule has 0 heterocycles. The second kappa shape index (κ2) is 9.38. The maximum atomic E-state index is 12.4. The highest BCUT2D eigenvalue weighted by Crippen LogP contribution is 2.20. The first kappa shape index (κ1) is 20.0. The molecule has 0 saturated carbocycles. The quantitative estimate of drug-likeness (QED) is 0.728. The van der Waals surface area contributed by atoms with Gasteiger partial charge in [0, 0.05) is 5.69 Å². The van der Waals surface area contributed by atoms with Crippen LogP contribution in [0.4, 0.5) is 11.4 Å². The predicted octanol–water partition coefficient (Wildman–Crippen LogP) is 2.87. The number of carbonyl (C=O) groups excluding carboxylic acids is 3. The van der Waals surface area contributed by atoms with Gasteiger partial charge in [-0.3, -0.25) is 4.79 Å².